The minimum Gasteiger partial charge on any atom is -0.478 e. The molecule has 4 heteroatoms. The summed E-state index contributed by atoms with van der Waals surface area (Å²) in [6.07, 6.45) is 6.02. The van der Waals surface area contributed by atoms with E-state index in [1.807, 2.05) is 12.1 Å². The second-order valence-corrected chi connectivity index (χ2v) is 5.55. The maximum absolute atomic E-state index is 10.8. The SMILES string of the molecule is COC1(CNCc2ccc(C(=O)O)cc2)CCCCC1. The van der Waals surface area contributed by atoms with E-state index in [4.69, 9.17) is 9.84 Å². The molecular formula is C16H23NO3. The van der Waals surface area contributed by atoms with Crippen LogP contribution in [0.5, 0.6) is 0 Å². The lowest BCUT2D eigenvalue weighted by atomic mass is 9.84. The van der Waals surface area contributed by atoms with Gasteiger partial charge in [-0.1, -0.05) is 31.4 Å². The molecule has 1 aromatic rings. The van der Waals surface area contributed by atoms with Crippen LogP contribution in [0, 0.1) is 0 Å². The van der Waals surface area contributed by atoms with Crippen molar-refractivity contribution in [2.24, 2.45) is 0 Å². The minimum atomic E-state index is -0.884. The summed E-state index contributed by atoms with van der Waals surface area (Å²) in [5, 5.41) is 12.3. The third-order valence-corrected chi connectivity index (χ3v) is 4.17. The number of aromatic carboxylic acids is 1. The quantitative estimate of drug-likeness (QED) is 0.839. The summed E-state index contributed by atoms with van der Waals surface area (Å²) < 4.78 is 5.73. The van der Waals surface area contributed by atoms with Crippen molar-refractivity contribution < 1.29 is 14.6 Å². The number of carboxylic acids is 1. The molecule has 1 aromatic carbocycles. The smallest absolute Gasteiger partial charge is 0.335 e. The predicted molar refractivity (Wildman–Crippen MR) is 77.9 cm³/mol. The summed E-state index contributed by atoms with van der Waals surface area (Å²) in [4.78, 5) is 10.8. The number of hydrogen-bond acceptors (Lipinski definition) is 3. The summed E-state index contributed by atoms with van der Waals surface area (Å²) in [6, 6.07) is 7.01. The molecule has 0 amide bonds. The number of methoxy groups -OCH3 is 1. The van der Waals surface area contributed by atoms with Crippen LogP contribution in [0.1, 0.15) is 48.0 Å². The van der Waals surface area contributed by atoms with Crippen LogP contribution in [0.4, 0.5) is 0 Å². The van der Waals surface area contributed by atoms with Gasteiger partial charge >= 0.3 is 5.97 Å². The molecule has 1 aliphatic rings. The fraction of sp³-hybridized carbons (Fsp3) is 0.562. The van der Waals surface area contributed by atoms with Crippen LogP contribution >= 0.6 is 0 Å². The molecule has 0 unspecified atom stereocenters. The Hall–Kier alpha value is -1.39. The van der Waals surface area contributed by atoms with Crippen LogP contribution in [0.2, 0.25) is 0 Å². The normalized spacial score (nSPS) is 17.9. The number of hydrogen-bond donors (Lipinski definition) is 2. The Balaban J connectivity index is 1.84. The van der Waals surface area contributed by atoms with Crippen molar-refractivity contribution in [1.82, 2.24) is 5.32 Å². The van der Waals surface area contributed by atoms with Crippen LogP contribution in [-0.4, -0.2) is 30.3 Å². The molecule has 0 atom stereocenters. The molecular weight excluding hydrogens is 254 g/mol. The van der Waals surface area contributed by atoms with Crippen molar-refractivity contribution in [1.29, 1.82) is 0 Å². The molecule has 0 radical (unpaired) electrons. The van der Waals surface area contributed by atoms with Gasteiger partial charge in [0.1, 0.15) is 0 Å². The van der Waals surface area contributed by atoms with Gasteiger partial charge in [0.25, 0.3) is 0 Å². The first-order valence-corrected chi connectivity index (χ1v) is 7.23. The highest BCUT2D eigenvalue weighted by Gasteiger charge is 2.31. The zero-order valence-electron chi connectivity index (χ0n) is 12.0. The van der Waals surface area contributed by atoms with E-state index in [9.17, 15) is 4.79 Å². The van der Waals surface area contributed by atoms with Gasteiger partial charge in [-0.05, 0) is 30.5 Å². The van der Waals surface area contributed by atoms with E-state index in [1.165, 1.54) is 19.3 Å². The van der Waals surface area contributed by atoms with Crippen molar-refractivity contribution in [3.63, 3.8) is 0 Å². The zero-order valence-corrected chi connectivity index (χ0v) is 12.0. The molecule has 0 spiro atoms. The molecule has 0 bridgehead atoms. The first-order chi connectivity index (χ1) is 9.65. The third-order valence-electron chi connectivity index (χ3n) is 4.17. The van der Waals surface area contributed by atoms with Crippen molar-refractivity contribution in [2.45, 2.75) is 44.2 Å². The number of carboxylic acid groups (broad SMARTS) is 1. The van der Waals surface area contributed by atoms with Crippen LogP contribution in [0.25, 0.3) is 0 Å². The van der Waals surface area contributed by atoms with Crippen LogP contribution < -0.4 is 5.32 Å². The second kappa shape index (κ2) is 6.86. The van der Waals surface area contributed by atoms with Crippen molar-refractivity contribution in [3.05, 3.63) is 35.4 Å². The van der Waals surface area contributed by atoms with Gasteiger partial charge in [0.15, 0.2) is 0 Å². The summed E-state index contributed by atoms with van der Waals surface area (Å²) in [5.74, 6) is -0.884. The van der Waals surface area contributed by atoms with Gasteiger partial charge in [-0.2, -0.15) is 0 Å². The van der Waals surface area contributed by atoms with E-state index in [-0.39, 0.29) is 5.60 Å². The molecule has 110 valence electrons. The number of carbonyl (C=O) groups is 1. The van der Waals surface area contributed by atoms with E-state index in [0.717, 1.165) is 31.5 Å². The van der Waals surface area contributed by atoms with Crippen LogP contribution in [-0.2, 0) is 11.3 Å². The highest BCUT2D eigenvalue weighted by Crippen LogP contribution is 2.30. The summed E-state index contributed by atoms with van der Waals surface area (Å²) in [6.45, 7) is 1.59. The maximum atomic E-state index is 10.8. The molecule has 1 saturated carbocycles. The number of benzene rings is 1. The highest BCUT2D eigenvalue weighted by molar-refractivity contribution is 5.87. The Morgan fingerprint density at radius 1 is 1.25 bits per heavy atom. The maximum Gasteiger partial charge on any atom is 0.335 e. The largest absolute Gasteiger partial charge is 0.478 e. The second-order valence-electron chi connectivity index (χ2n) is 5.55. The average molecular weight is 277 g/mol. The molecule has 0 aliphatic heterocycles. The summed E-state index contributed by atoms with van der Waals surface area (Å²) in [7, 11) is 1.80. The van der Waals surface area contributed by atoms with E-state index < -0.39 is 5.97 Å². The molecule has 0 heterocycles. The molecule has 2 N–H and O–H groups in total. The standard InChI is InChI=1S/C16H23NO3/c1-20-16(9-3-2-4-10-16)12-17-11-13-5-7-14(8-6-13)15(18)19/h5-8,17H,2-4,9-12H2,1H3,(H,18,19). The van der Waals surface area contributed by atoms with E-state index in [2.05, 4.69) is 5.32 Å². The van der Waals surface area contributed by atoms with Crippen molar-refractivity contribution >= 4 is 5.97 Å². The van der Waals surface area contributed by atoms with Gasteiger partial charge < -0.3 is 15.2 Å². The number of nitrogens with one attached hydrogen (secondary N) is 1. The summed E-state index contributed by atoms with van der Waals surface area (Å²) in [5.41, 5.74) is 1.41. The summed E-state index contributed by atoms with van der Waals surface area (Å²) >= 11 is 0. The van der Waals surface area contributed by atoms with E-state index >= 15 is 0 Å². The molecule has 4 nitrogen and oxygen atoms in total. The van der Waals surface area contributed by atoms with Crippen molar-refractivity contribution in [3.8, 4) is 0 Å². The van der Waals surface area contributed by atoms with Gasteiger partial charge in [0, 0.05) is 20.2 Å². The lowest BCUT2D eigenvalue weighted by Crippen LogP contribution is -2.43. The predicted octanol–water partition coefficient (Wildman–Crippen LogP) is 2.82. The fourth-order valence-corrected chi connectivity index (χ4v) is 2.85. The minimum absolute atomic E-state index is 0.0146. The van der Waals surface area contributed by atoms with Gasteiger partial charge in [0.2, 0.25) is 0 Å². The first-order valence-electron chi connectivity index (χ1n) is 7.23. The Bertz CT molecular complexity index is 436. The zero-order chi connectivity index (χ0) is 14.4. The number of ether oxygens (including phenoxy) is 1. The van der Waals surface area contributed by atoms with Crippen LogP contribution in [0.15, 0.2) is 24.3 Å². The Labute approximate surface area is 120 Å². The van der Waals surface area contributed by atoms with Crippen LogP contribution in [0.3, 0.4) is 0 Å². The first kappa shape index (κ1) is 15.0. The number of rotatable bonds is 6. The van der Waals surface area contributed by atoms with Gasteiger partial charge in [-0.3, -0.25) is 0 Å². The molecule has 20 heavy (non-hydrogen) atoms. The van der Waals surface area contributed by atoms with Crippen molar-refractivity contribution in [2.75, 3.05) is 13.7 Å². The van der Waals surface area contributed by atoms with E-state index in [1.54, 1.807) is 19.2 Å². The molecule has 0 aromatic heterocycles. The molecule has 2 rings (SSSR count). The van der Waals surface area contributed by atoms with E-state index in [0.29, 0.717) is 5.56 Å². The Kier molecular flexibility index (Phi) is 5.15. The Morgan fingerprint density at radius 3 is 2.45 bits per heavy atom. The van der Waals surface area contributed by atoms with Gasteiger partial charge in [0.05, 0.1) is 11.2 Å². The lowest BCUT2D eigenvalue weighted by molar-refractivity contribution is -0.0377. The Morgan fingerprint density at radius 2 is 1.90 bits per heavy atom. The third kappa shape index (κ3) is 3.81. The average Bonchev–Trinajstić information content (AvgIpc) is 2.49. The van der Waals surface area contributed by atoms with Gasteiger partial charge in [-0.25, -0.2) is 4.79 Å². The molecule has 1 aliphatic carbocycles. The highest BCUT2D eigenvalue weighted by atomic mass is 16.5. The lowest BCUT2D eigenvalue weighted by Gasteiger charge is -2.36. The molecule has 1 fully saturated rings. The fourth-order valence-electron chi connectivity index (χ4n) is 2.85. The monoisotopic (exact) mass is 277 g/mol. The topological polar surface area (TPSA) is 58.6 Å². The van der Waals surface area contributed by atoms with Gasteiger partial charge in [-0.15, -0.1) is 0 Å². The molecule has 0 saturated heterocycles.